The lowest BCUT2D eigenvalue weighted by Gasteiger charge is -2.28. The summed E-state index contributed by atoms with van der Waals surface area (Å²) in [5, 5.41) is 0. The molecule has 0 aromatic carbocycles. The molecule has 0 spiro atoms. The van der Waals surface area contributed by atoms with E-state index in [1.807, 2.05) is 14.0 Å². The van der Waals surface area contributed by atoms with Crippen LogP contribution < -0.4 is 5.56 Å². The van der Waals surface area contributed by atoms with E-state index in [0.29, 0.717) is 6.04 Å². The third-order valence-corrected chi connectivity index (χ3v) is 6.97. The van der Waals surface area contributed by atoms with Crippen LogP contribution in [0.3, 0.4) is 0 Å². The van der Waals surface area contributed by atoms with Gasteiger partial charge in [-0.15, -0.1) is 0 Å². The molecule has 0 bridgehead atoms. The molecule has 0 aliphatic carbocycles. The topological polar surface area (TPSA) is 38.1 Å². The molecule has 1 saturated heterocycles. The predicted octanol–water partition coefficient (Wildman–Crippen LogP) is 1.34. The van der Waals surface area contributed by atoms with Gasteiger partial charge in [0.25, 0.3) is 5.56 Å². The Balaban J connectivity index is 1.79. The van der Waals surface area contributed by atoms with E-state index in [2.05, 4.69) is 33.4 Å². The lowest BCUT2D eigenvalue weighted by Crippen LogP contribution is -2.40. The minimum atomic E-state index is 0.156. The Bertz CT molecular complexity index is 565. The van der Waals surface area contributed by atoms with Gasteiger partial charge in [-0.1, -0.05) is 0 Å². The Labute approximate surface area is 134 Å². The second kappa shape index (κ2) is 6.75. The Hall–Kier alpha value is -0.460. The number of aromatic nitrogens is 2. The van der Waals surface area contributed by atoms with Crippen LogP contribution in [0.4, 0.5) is 0 Å². The SMILES string of the molecule is Cc1nc2c(c(=O)n1C)CCN(C1CSCCSC1)CC2. The maximum Gasteiger partial charge on any atom is 0.256 e. The van der Waals surface area contributed by atoms with E-state index in [9.17, 15) is 4.79 Å². The van der Waals surface area contributed by atoms with Gasteiger partial charge in [-0.2, -0.15) is 23.5 Å². The number of aryl methyl sites for hydroxylation is 1. The summed E-state index contributed by atoms with van der Waals surface area (Å²) in [6, 6.07) is 0.654. The highest BCUT2D eigenvalue weighted by Crippen LogP contribution is 2.22. The first-order valence-electron chi connectivity index (χ1n) is 7.61. The van der Waals surface area contributed by atoms with E-state index >= 15 is 0 Å². The van der Waals surface area contributed by atoms with Crippen LogP contribution >= 0.6 is 23.5 Å². The van der Waals surface area contributed by atoms with Crippen molar-refractivity contribution in [3.63, 3.8) is 0 Å². The molecule has 1 aromatic rings. The van der Waals surface area contributed by atoms with Crippen molar-refractivity contribution in [3.05, 3.63) is 27.4 Å². The van der Waals surface area contributed by atoms with E-state index in [4.69, 9.17) is 0 Å². The number of fused-ring (bicyclic) bond motifs is 1. The summed E-state index contributed by atoms with van der Waals surface area (Å²) < 4.78 is 1.69. The lowest BCUT2D eigenvalue weighted by molar-refractivity contribution is 0.239. The van der Waals surface area contributed by atoms with Crippen molar-refractivity contribution in [1.29, 1.82) is 0 Å². The summed E-state index contributed by atoms with van der Waals surface area (Å²) in [5.74, 6) is 5.84. The van der Waals surface area contributed by atoms with Gasteiger partial charge in [0.2, 0.25) is 0 Å². The maximum absolute atomic E-state index is 12.4. The molecular weight excluding hydrogens is 302 g/mol. The quantitative estimate of drug-likeness (QED) is 0.779. The number of nitrogens with zero attached hydrogens (tertiary/aromatic N) is 3. The lowest BCUT2D eigenvalue weighted by atomic mass is 10.1. The zero-order valence-corrected chi connectivity index (χ0v) is 14.4. The first kappa shape index (κ1) is 15.4. The van der Waals surface area contributed by atoms with Crippen LogP contribution in [0.15, 0.2) is 4.79 Å². The summed E-state index contributed by atoms with van der Waals surface area (Å²) in [7, 11) is 1.83. The molecule has 0 N–H and O–H groups in total. The number of thioether (sulfide) groups is 2. The van der Waals surface area contributed by atoms with Crippen molar-refractivity contribution in [2.45, 2.75) is 25.8 Å². The molecular formula is C15H23N3OS2. The van der Waals surface area contributed by atoms with E-state index in [1.165, 1.54) is 23.0 Å². The molecule has 3 heterocycles. The van der Waals surface area contributed by atoms with Crippen LogP contribution in [0.5, 0.6) is 0 Å². The van der Waals surface area contributed by atoms with Crippen LogP contribution in [0.1, 0.15) is 17.1 Å². The summed E-state index contributed by atoms with van der Waals surface area (Å²) in [6.07, 6.45) is 1.76. The molecule has 116 valence electrons. The number of hydrogen-bond acceptors (Lipinski definition) is 5. The van der Waals surface area contributed by atoms with Crippen molar-refractivity contribution in [1.82, 2.24) is 14.5 Å². The molecule has 0 unspecified atom stereocenters. The summed E-state index contributed by atoms with van der Waals surface area (Å²) in [6.45, 7) is 3.96. The van der Waals surface area contributed by atoms with E-state index in [-0.39, 0.29) is 5.56 Å². The zero-order valence-electron chi connectivity index (χ0n) is 12.8. The van der Waals surface area contributed by atoms with Crippen molar-refractivity contribution >= 4 is 23.5 Å². The van der Waals surface area contributed by atoms with E-state index in [0.717, 1.165) is 43.0 Å². The van der Waals surface area contributed by atoms with Crippen LogP contribution in [0.2, 0.25) is 0 Å². The van der Waals surface area contributed by atoms with Gasteiger partial charge in [0.1, 0.15) is 5.82 Å². The zero-order chi connectivity index (χ0) is 14.8. The Morgan fingerprint density at radius 3 is 2.52 bits per heavy atom. The highest BCUT2D eigenvalue weighted by atomic mass is 32.2. The molecule has 2 aliphatic rings. The van der Waals surface area contributed by atoms with Crippen LogP contribution in [0.25, 0.3) is 0 Å². The molecule has 3 rings (SSSR count). The standard InChI is InChI=1S/C15H23N3OS2/c1-11-16-14-4-6-18(12-9-20-7-8-21-10-12)5-3-13(14)15(19)17(11)2/h12H,3-10H2,1-2H3. The van der Waals surface area contributed by atoms with E-state index < -0.39 is 0 Å². The maximum atomic E-state index is 12.4. The van der Waals surface area contributed by atoms with Crippen LogP contribution in [0, 0.1) is 6.92 Å². The molecule has 1 fully saturated rings. The normalized spacial score (nSPS) is 21.6. The van der Waals surface area contributed by atoms with Crippen molar-refractivity contribution < 1.29 is 0 Å². The molecule has 0 radical (unpaired) electrons. The van der Waals surface area contributed by atoms with Gasteiger partial charge in [0.05, 0.1) is 5.69 Å². The fourth-order valence-corrected chi connectivity index (χ4v) is 5.69. The molecule has 2 aliphatic heterocycles. The minimum Gasteiger partial charge on any atom is -0.300 e. The second-order valence-corrected chi connectivity index (χ2v) is 8.09. The van der Waals surface area contributed by atoms with Crippen molar-refractivity contribution in [2.24, 2.45) is 7.05 Å². The number of rotatable bonds is 1. The Morgan fingerprint density at radius 2 is 1.81 bits per heavy atom. The van der Waals surface area contributed by atoms with Crippen molar-refractivity contribution in [2.75, 3.05) is 36.1 Å². The van der Waals surface area contributed by atoms with Crippen molar-refractivity contribution in [3.8, 4) is 0 Å². The average molecular weight is 326 g/mol. The molecule has 0 atom stereocenters. The molecule has 0 amide bonds. The molecule has 6 heteroatoms. The monoisotopic (exact) mass is 325 g/mol. The van der Waals surface area contributed by atoms with Crippen LogP contribution in [-0.2, 0) is 19.9 Å². The Kier molecular flexibility index (Phi) is 4.96. The van der Waals surface area contributed by atoms with Crippen LogP contribution in [-0.4, -0.2) is 56.6 Å². The first-order valence-corrected chi connectivity index (χ1v) is 9.92. The van der Waals surface area contributed by atoms with Gasteiger partial charge in [-0.3, -0.25) is 14.3 Å². The highest BCUT2D eigenvalue weighted by molar-refractivity contribution is 8.03. The molecule has 4 nitrogen and oxygen atoms in total. The minimum absolute atomic E-state index is 0.156. The summed E-state index contributed by atoms with van der Waals surface area (Å²) in [5.41, 5.74) is 2.13. The average Bonchev–Trinajstić information content (AvgIpc) is 2.85. The Morgan fingerprint density at radius 1 is 1.14 bits per heavy atom. The van der Waals surface area contributed by atoms with Gasteiger partial charge in [0.15, 0.2) is 0 Å². The molecule has 21 heavy (non-hydrogen) atoms. The number of hydrogen-bond donors (Lipinski definition) is 0. The van der Waals surface area contributed by atoms with Gasteiger partial charge in [0, 0.05) is 61.2 Å². The predicted molar refractivity (Wildman–Crippen MR) is 91.6 cm³/mol. The third-order valence-electron chi connectivity index (χ3n) is 4.49. The van der Waals surface area contributed by atoms with Gasteiger partial charge < -0.3 is 0 Å². The fourth-order valence-electron chi connectivity index (χ4n) is 3.07. The van der Waals surface area contributed by atoms with Gasteiger partial charge in [-0.25, -0.2) is 4.98 Å². The fraction of sp³-hybridized carbons (Fsp3) is 0.733. The highest BCUT2D eigenvalue weighted by Gasteiger charge is 2.25. The molecule has 1 aromatic heterocycles. The van der Waals surface area contributed by atoms with E-state index in [1.54, 1.807) is 4.57 Å². The summed E-state index contributed by atoms with van der Waals surface area (Å²) >= 11 is 4.14. The molecule has 0 saturated carbocycles. The third kappa shape index (κ3) is 3.32. The van der Waals surface area contributed by atoms with Gasteiger partial charge >= 0.3 is 0 Å². The summed E-state index contributed by atoms with van der Waals surface area (Å²) in [4.78, 5) is 19.7. The smallest absolute Gasteiger partial charge is 0.256 e. The first-order chi connectivity index (χ1) is 10.2. The van der Waals surface area contributed by atoms with Gasteiger partial charge in [-0.05, 0) is 13.3 Å². The second-order valence-electron chi connectivity index (χ2n) is 5.79. The largest absolute Gasteiger partial charge is 0.300 e.